The molecule has 0 spiro atoms. The lowest BCUT2D eigenvalue weighted by Gasteiger charge is -2.45. The molecule has 2 heteroatoms. The van der Waals surface area contributed by atoms with Gasteiger partial charge in [-0.25, -0.2) is 0 Å². The molecule has 2 aliphatic rings. The molecular weight excluding hydrogens is 202 g/mol. The second kappa shape index (κ2) is 4.67. The molecule has 2 rings (SSSR count). The first-order valence-corrected chi connectivity index (χ1v) is 7.53. The quantitative estimate of drug-likeness (QED) is 0.777. The lowest BCUT2D eigenvalue weighted by Crippen LogP contribution is -2.49. The van der Waals surface area contributed by atoms with Crippen molar-refractivity contribution in [3.8, 4) is 0 Å². The molecule has 15 heavy (non-hydrogen) atoms. The average molecular weight is 227 g/mol. The Hall–Kier alpha value is 0.310. The van der Waals surface area contributed by atoms with Gasteiger partial charge in [-0.1, -0.05) is 27.2 Å². The average Bonchev–Trinajstić information content (AvgIpc) is 2.28. The van der Waals surface area contributed by atoms with Crippen molar-refractivity contribution in [3.63, 3.8) is 0 Å². The predicted molar refractivity (Wildman–Crippen MR) is 69.4 cm³/mol. The summed E-state index contributed by atoms with van der Waals surface area (Å²) in [7, 11) is 0. The highest BCUT2D eigenvalue weighted by Gasteiger charge is 2.38. The van der Waals surface area contributed by atoms with Crippen LogP contribution in [0.15, 0.2) is 0 Å². The highest BCUT2D eigenvalue weighted by molar-refractivity contribution is 8.00. The van der Waals surface area contributed by atoms with Crippen LogP contribution in [0.5, 0.6) is 0 Å². The van der Waals surface area contributed by atoms with Gasteiger partial charge in [-0.15, -0.1) is 0 Å². The van der Waals surface area contributed by atoms with Crippen molar-refractivity contribution in [3.05, 3.63) is 0 Å². The van der Waals surface area contributed by atoms with E-state index in [1.165, 1.54) is 38.0 Å². The van der Waals surface area contributed by atoms with Crippen LogP contribution in [-0.4, -0.2) is 23.6 Å². The zero-order chi connectivity index (χ0) is 10.9. The Labute approximate surface area is 98.8 Å². The molecule has 0 aromatic heterocycles. The Bertz CT molecular complexity index is 215. The molecule has 0 aromatic carbocycles. The van der Waals surface area contributed by atoms with Crippen molar-refractivity contribution in [2.45, 2.75) is 57.7 Å². The van der Waals surface area contributed by atoms with E-state index in [2.05, 4.69) is 37.8 Å². The number of hydrogen-bond donors (Lipinski definition) is 1. The third-order valence-electron chi connectivity index (χ3n) is 4.65. The van der Waals surface area contributed by atoms with Crippen LogP contribution in [-0.2, 0) is 0 Å². The highest BCUT2D eigenvalue weighted by atomic mass is 32.2. The molecule has 1 heterocycles. The number of rotatable bonds is 2. The number of nitrogens with one attached hydrogen (secondary N) is 1. The van der Waals surface area contributed by atoms with E-state index in [1.807, 2.05) is 0 Å². The molecule has 1 aliphatic carbocycles. The SMILES string of the molecule is CCC(C)(C)C1CCC2NCCSC2C1. The predicted octanol–water partition coefficient (Wildman–Crippen LogP) is 3.30. The van der Waals surface area contributed by atoms with Gasteiger partial charge in [0.05, 0.1) is 0 Å². The molecule has 1 saturated heterocycles. The summed E-state index contributed by atoms with van der Waals surface area (Å²) in [5.74, 6) is 2.27. The van der Waals surface area contributed by atoms with Crippen LogP contribution < -0.4 is 5.32 Å². The zero-order valence-corrected chi connectivity index (χ0v) is 11.2. The topological polar surface area (TPSA) is 12.0 Å². The lowest BCUT2D eigenvalue weighted by molar-refractivity contribution is 0.140. The number of fused-ring (bicyclic) bond motifs is 1. The van der Waals surface area contributed by atoms with Crippen LogP contribution in [0, 0.1) is 11.3 Å². The van der Waals surface area contributed by atoms with E-state index in [0.29, 0.717) is 5.41 Å². The minimum absolute atomic E-state index is 0.559. The van der Waals surface area contributed by atoms with E-state index in [1.54, 1.807) is 0 Å². The van der Waals surface area contributed by atoms with E-state index < -0.39 is 0 Å². The molecule has 3 unspecified atom stereocenters. The van der Waals surface area contributed by atoms with Gasteiger partial charge in [0, 0.05) is 23.6 Å². The van der Waals surface area contributed by atoms with E-state index >= 15 is 0 Å². The maximum absolute atomic E-state index is 3.69. The molecule has 0 radical (unpaired) electrons. The maximum atomic E-state index is 3.69. The van der Waals surface area contributed by atoms with Crippen LogP contribution in [0.25, 0.3) is 0 Å². The Balaban J connectivity index is 1.96. The second-order valence-corrected chi connectivity index (χ2v) is 7.17. The zero-order valence-electron chi connectivity index (χ0n) is 10.4. The van der Waals surface area contributed by atoms with Crippen molar-refractivity contribution >= 4 is 11.8 Å². The monoisotopic (exact) mass is 227 g/mol. The molecule has 0 amide bonds. The molecular formula is C13H25NS. The van der Waals surface area contributed by atoms with Gasteiger partial charge in [-0.2, -0.15) is 11.8 Å². The first-order valence-electron chi connectivity index (χ1n) is 6.48. The molecule has 0 aromatic rings. The molecule has 1 aliphatic heterocycles. The summed E-state index contributed by atoms with van der Waals surface area (Å²) >= 11 is 2.21. The Kier molecular flexibility index (Phi) is 3.67. The molecule has 3 atom stereocenters. The van der Waals surface area contributed by atoms with E-state index in [4.69, 9.17) is 0 Å². The smallest absolute Gasteiger partial charge is 0.0204 e. The molecule has 0 bridgehead atoms. The van der Waals surface area contributed by atoms with Gasteiger partial charge in [0.2, 0.25) is 0 Å². The fourth-order valence-electron chi connectivity index (χ4n) is 3.00. The van der Waals surface area contributed by atoms with Gasteiger partial charge < -0.3 is 5.32 Å². The Morgan fingerprint density at radius 1 is 1.33 bits per heavy atom. The minimum atomic E-state index is 0.559. The van der Waals surface area contributed by atoms with E-state index in [9.17, 15) is 0 Å². The molecule has 1 saturated carbocycles. The van der Waals surface area contributed by atoms with E-state index in [0.717, 1.165) is 17.2 Å². The van der Waals surface area contributed by atoms with E-state index in [-0.39, 0.29) is 0 Å². The van der Waals surface area contributed by atoms with Gasteiger partial charge in [0.25, 0.3) is 0 Å². The molecule has 1 nitrogen and oxygen atoms in total. The summed E-state index contributed by atoms with van der Waals surface area (Å²) in [6, 6.07) is 0.827. The van der Waals surface area contributed by atoms with Crippen molar-refractivity contribution in [1.82, 2.24) is 5.32 Å². The summed E-state index contributed by atoms with van der Waals surface area (Å²) in [4.78, 5) is 0. The van der Waals surface area contributed by atoms with Crippen molar-refractivity contribution in [2.24, 2.45) is 11.3 Å². The summed E-state index contributed by atoms with van der Waals surface area (Å²) in [6.07, 6.45) is 5.62. The van der Waals surface area contributed by atoms with Crippen LogP contribution >= 0.6 is 11.8 Å². The van der Waals surface area contributed by atoms with Crippen LogP contribution in [0.4, 0.5) is 0 Å². The fraction of sp³-hybridized carbons (Fsp3) is 1.00. The highest BCUT2D eigenvalue weighted by Crippen LogP contribution is 2.44. The van der Waals surface area contributed by atoms with Crippen LogP contribution in [0.3, 0.4) is 0 Å². The van der Waals surface area contributed by atoms with Gasteiger partial charge in [-0.05, 0) is 30.6 Å². The van der Waals surface area contributed by atoms with Crippen LogP contribution in [0.2, 0.25) is 0 Å². The number of thioether (sulfide) groups is 1. The normalized spacial score (nSPS) is 37.4. The third-order valence-corrected chi connectivity index (χ3v) is 6.04. The molecule has 1 N–H and O–H groups in total. The van der Waals surface area contributed by atoms with Crippen molar-refractivity contribution in [2.75, 3.05) is 12.3 Å². The van der Waals surface area contributed by atoms with Gasteiger partial charge in [-0.3, -0.25) is 0 Å². The van der Waals surface area contributed by atoms with Crippen molar-refractivity contribution in [1.29, 1.82) is 0 Å². The van der Waals surface area contributed by atoms with Crippen LogP contribution in [0.1, 0.15) is 46.5 Å². The summed E-state index contributed by atoms with van der Waals surface area (Å²) in [5, 5.41) is 4.60. The fourth-order valence-corrected chi connectivity index (χ4v) is 4.37. The lowest BCUT2D eigenvalue weighted by atomic mass is 9.68. The second-order valence-electron chi connectivity index (χ2n) is 5.82. The van der Waals surface area contributed by atoms with Gasteiger partial charge >= 0.3 is 0 Å². The van der Waals surface area contributed by atoms with Gasteiger partial charge in [0.1, 0.15) is 0 Å². The first-order chi connectivity index (χ1) is 7.13. The molecule has 2 fully saturated rings. The standard InChI is InChI=1S/C13H25NS/c1-4-13(2,3)10-5-6-11-12(9-10)15-8-7-14-11/h10-12,14H,4-9H2,1-3H3. The summed E-state index contributed by atoms with van der Waals surface area (Å²) in [6.45, 7) is 8.49. The third kappa shape index (κ3) is 2.52. The Morgan fingerprint density at radius 2 is 2.13 bits per heavy atom. The molecule has 88 valence electrons. The Morgan fingerprint density at radius 3 is 2.87 bits per heavy atom. The van der Waals surface area contributed by atoms with Gasteiger partial charge in [0.15, 0.2) is 0 Å². The number of hydrogen-bond acceptors (Lipinski definition) is 2. The van der Waals surface area contributed by atoms with Crippen molar-refractivity contribution < 1.29 is 0 Å². The summed E-state index contributed by atoms with van der Waals surface area (Å²) < 4.78 is 0. The largest absolute Gasteiger partial charge is 0.312 e. The maximum Gasteiger partial charge on any atom is 0.0204 e. The first kappa shape index (κ1) is 11.8. The summed E-state index contributed by atoms with van der Waals surface area (Å²) in [5.41, 5.74) is 0.559. The minimum Gasteiger partial charge on any atom is -0.312 e.